The predicted octanol–water partition coefficient (Wildman–Crippen LogP) is 3.86. The Labute approximate surface area is 159 Å². The van der Waals surface area contributed by atoms with Crippen LogP contribution in [0.15, 0.2) is 66.0 Å². The van der Waals surface area contributed by atoms with E-state index in [2.05, 4.69) is 5.32 Å². The van der Waals surface area contributed by atoms with E-state index in [1.165, 1.54) is 11.3 Å². The Morgan fingerprint density at radius 1 is 1.00 bits per heavy atom. The summed E-state index contributed by atoms with van der Waals surface area (Å²) in [4.78, 5) is 24.5. The quantitative estimate of drug-likeness (QED) is 0.520. The molecule has 0 aliphatic heterocycles. The first-order valence-corrected chi connectivity index (χ1v) is 8.80. The van der Waals surface area contributed by atoms with Crippen molar-refractivity contribution in [2.75, 3.05) is 11.9 Å². The van der Waals surface area contributed by atoms with Gasteiger partial charge in [0.2, 0.25) is 0 Å². The van der Waals surface area contributed by atoms with Crippen molar-refractivity contribution < 1.29 is 19.1 Å². The first kappa shape index (κ1) is 18.2. The van der Waals surface area contributed by atoms with Crippen molar-refractivity contribution >= 4 is 28.9 Å². The Morgan fingerprint density at radius 2 is 1.70 bits per heavy atom. The van der Waals surface area contributed by atoms with Crippen LogP contribution >= 0.6 is 11.3 Å². The summed E-state index contributed by atoms with van der Waals surface area (Å²) in [5, 5.41) is 13.3. The topological polar surface area (TPSA) is 88.4 Å². The molecule has 7 heteroatoms. The van der Waals surface area contributed by atoms with Crippen molar-refractivity contribution in [3.8, 4) is 17.6 Å². The van der Waals surface area contributed by atoms with E-state index in [-0.39, 0.29) is 12.5 Å². The van der Waals surface area contributed by atoms with Crippen molar-refractivity contribution in [3.63, 3.8) is 0 Å². The third-order valence-electron chi connectivity index (χ3n) is 3.43. The van der Waals surface area contributed by atoms with Crippen LogP contribution in [0.25, 0.3) is 0 Å². The number of nitrogens with zero attached hydrogens (tertiary/aromatic N) is 1. The van der Waals surface area contributed by atoms with Gasteiger partial charge in [-0.1, -0.05) is 6.07 Å². The summed E-state index contributed by atoms with van der Waals surface area (Å²) in [7, 11) is 0. The molecule has 0 unspecified atom stereocenters. The van der Waals surface area contributed by atoms with E-state index in [0.717, 1.165) is 0 Å². The maximum absolute atomic E-state index is 12.0. The molecular formula is C20H14N2O4S. The fourth-order valence-corrected chi connectivity index (χ4v) is 2.75. The van der Waals surface area contributed by atoms with E-state index in [1.807, 2.05) is 17.5 Å². The molecule has 0 fully saturated rings. The molecule has 0 aliphatic rings. The van der Waals surface area contributed by atoms with Gasteiger partial charge in [0.25, 0.3) is 5.91 Å². The minimum Gasteiger partial charge on any atom is -0.482 e. The van der Waals surface area contributed by atoms with Gasteiger partial charge in [-0.15, -0.1) is 11.3 Å². The van der Waals surface area contributed by atoms with Gasteiger partial charge in [-0.3, -0.25) is 4.79 Å². The van der Waals surface area contributed by atoms with Crippen LogP contribution in [0.5, 0.6) is 11.5 Å². The number of carbonyl (C=O) groups is 2. The van der Waals surface area contributed by atoms with Gasteiger partial charge >= 0.3 is 5.97 Å². The maximum atomic E-state index is 12.0. The van der Waals surface area contributed by atoms with E-state index >= 15 is 0 Å². The van der Waals surface area contributed by atoms with Gasteiger partial charge in [-0.25, -0.2) is 4.79 Å². The highest BCUT2D eigenvalue weighted by molar-refractivity contribution is 7.12. The Kier molecular flexibility index (Phi) is 5.82. The molecule has 0 aliphatic carbocycles. The third kappa shape index (κ3) is 5.17. The Balaban J connectivity index is 1.49. The van der Waals surface area contributed by atoms with Gasteiger partial charge in [0.15, 0.2) is 6.61 Å². The molecule has 134 valence electrons. The average molecular weight is 378 g/mol. The number of esters is 1. The van der Waals surface area contributed by atoms with Crippen LogP contribution in [0.3, 0.4) is 0 Å². The largest absolute Gasteiger partial charge is 0.482 e. The number of thiophene rings is 1. The number of nitriles is 1. The number of anilines is 1. The van der Waals surface area contributed by atoms with Crippen molar-refractivity contribution in [2.45, 2.75) is 0 Å². The molecule has 0 bridgehead atoms. The van der Waals surface area contributed by atoms with Crippen molar-refractivity contribution in [3.05, 3.63) is 76.5 Å². The summed E-state index contributed by atoms with van der Waals surface area (Å²) in [5.74, 6) is 0.0652. The lowest BCUT2D eigenvalue weighted by molar-refractivity contribution is -0.136. The van der Waals surface area contributed by atoms with E-state index in [1.54, 1.807) is 54.6 Å². The molecule has 2 aromatic carbocycles. The number of nitrogens with one attached hydrogen (secondary N) is 1. The molecule has 0 saturated carbocycles. The number of benzene rings is 2. The molecule has 0 radical (unpaired) electrons. The highest BCUT2D eigenvalue weighted by Gasteiger charge is 2.09. The van der Waals surface area contributed by atoms with Crippen LogP contribution < -0.4 is 14.8 Å². The monoisotopic (exact) mass is 378 g/mol. The fourth-order valence-electron chi connectivity index (χ4n) is 2.14. The molecule has 0 atom stereocenters. The number of hydrogen-bond donors (Lipinski definition) is 1. The van der Waals surface area contributed by atoms with Crippen LogP contribution in [-0.4, -0.2) is 18.5 Å². The number of amides is 1. The van der Waals surface area contributed by atoms with Crippen LogP contribution in [0.4, 0.5) is 5.69 Å². The molecule has 27 heavy (non-hydrogen) atoms. The summed E-state index contributed by atoms with van der Waals surface area (Å²) in [6.07, 6.45) is 0. The molecule has 1 amide bonds. The van der Waals surface area contributed by atoms with Crippen molar-refractivity contribution in [2.24, 2.45) is 0 Å². The standard InChI is InChI=1S/C20H14N2O4S/c21-12-14-3-7-16(8-4-14)25-13-19(23)26-17-9-5-15(6-10-17)22-20(24)18-2-1-11-27-18/h1-11H,13H2,(H,22,24). The normalized spacial score (nSPS) is 9.89. The van der Waals surface area contributed by atoms with Crippen LogP contribution in [-0.2, 0) is 4.79 Å². The molecule has 0 spiro atoms. The minimum absolute atomic E-state index is 0.189. The van der Waals surface area contributed by atoms with E-state index < -0.39 is 5.97 Å². The second-order valence-corrected chi connectivity index (χ2v) is 6.30. The molecular weight excluding hydrogens is 364 g/mol. The van der Waals surface area contributed by atoms with Gasteiger partial charge < -0.3 is 14.8 Å². The lowest BCUT2D eigenvalue weighted by Crippen LogP contribution is -2.17. The third-order valence-corrected chi connectivity index (χ3v) is 4.30. The Bertz CT molecular complexity index is 959. The van der Waals surface area contributed by atoms with Gasteiger partial charge in [-0.2, -0.15) is 5.26 Å². The highest BCUT2D eigenvalue weighted by atomic mass is 32.1. The summed E-state index contributed by atoms with van der Waals surface area (Å²) < 4.78 is 10.5. The van der Waals surface area contributed by atoms with Gasteiger partial charge in [-0.05, 0) is 60.0 Å². The first-order valence-electron chi connectivity index (χ1n) is 7.92. The highest BCUT2D eigenvalue weighted by Crippen LogP contribution is 2.18. The zero-order chi connectivity index (χ0) is 19.1. The smallest absolute Gasteiger partial charge is 0.349 e. The zero-order valence-electron chi connectivity index (χ0n) is 14.0. The second kappa shape index (κ2) is 8.65. The first-order chi connectivity index (χ1) is 13.1. The van der Waals surface area contributed by atoms with Gasteiger partial charge in [0.1, 0.15) is 11.5 Å². The lowest BCUT2D eigenvalue weighted by atomic mass is 10.2. The summed E-state index contributed by atoms with van der Waals surface area (Å²) >= 11 is 1.36. The average Bonchev–Trinajstić information content (AvgIpc) is 3.23. The van der Waals surface area contributed by atoms with Crippen molar-refractivity contribution in [1.82, 2.24) is 0 Å². The molecule has 0 saturated heterocycles. The van der Waals surface area contributed by atoms with E-state index in [4.69, 9.17) is 14.7 Å². The molecule has 1 heterocycles. The molecule has 3 rings (SSSR count). The zero-order valence-corrected chi connectivity index (χ0v) is 14.9. The van der Waals surface area contributed by atoms with E-state index in [9.17, 15) is 9.59 Å². The predicted molar refractivity (Wildman–Crippen MR) is 101 cm³/mol. The molecule has 1 N–H and O–H groups in total. The SMILES string of the molecule is N#Cc1ccc(OCC(=O)Oc2ccc(NC(=O)c3cccs3)cc2)cc1. The fraction of sp³-hybridized carbons (Fsp3) is 0.0500. The van der Waals surface area contributed by atoms with Crippen LogP contribution in [0.2, 0.25) is 0 Å². The molecule has 3 aromatic rings. The van der Waals surface area contributed by atoms with Gasteiger partial charge in [0.05, 0.1) is 16.5 Å². The Morgan fingerprint density at radius 3 is 2.33 bits per heavy atom. The minimum atomic E-state index is -0.560. The second-order valence-electron chi connectivity index (χ2n) is 5.35. The number of ether oxygens (including phenoxy) is 2. The molecule has 1 aromatic heterocycles. The number of rotatable bonds is 6. The molecule has 6 nitrogen and oxygen atoms in total. The van der Waals surface area contributed by atoms with Crippen LogP contribution in [0.1, 0.15) is 15.2 Å². The number of hydrogen-bond acceptors (Lipinski definition) is 6. The summed E-state index contributed by atoms with van der Waals surface area (Å²) in [5.41, 5.74) is 1.11. The Hall–Kier alpha value is -3.63. The number of carbonyl (C=O) groups excluding carboxylic acids is 2. The van der Waals surface area contributed by atoms with Crippen LogP contribution in [0, 0.1) is 11.3 Å². The maximum Gasteiger partial charge on any atom is 0.349 e. The lowest BCUT2D eigenvalue weighted by Gasteiger charge is -2.08. The summed E-state index contributed by atoms with van der Waals surface area (Å²) in [6, 6.07) is 18.4. The summed E-state index contributed by atoms with van der Waals surface area (Å²) in [6.45, 7) is -0.261. The van der Waals surface area contributed by atoms with Gasteiger partial charge in [0, 0.05) is 5.69 Å². The van der Waals surface area contributed by atoms with Crippen molar-refractivity contribution in [1.29, 1.82) is 5.26 Å². The van der Waals surface area contributed by atoms with E-state index in [0.29, 0.717) is 27.6 Å².